The summed E-state index contributed by atoms with van der Waals surface area (Å²) in [6.07, 6.45) is -5.96. The maximum absolute atomic E-state index is 13.8. The number of aliphatic hydroxyl groups excluding tert-OH is 2. The van der Waals surface area contributed by atoms with Gasteiger partial charge in [0.25, 0.3) is 11.8 Å². The molecule has 4 aliphatic heterocycles. The molecule has 6 aromatic carbocycles. The minimum absolute atomic E-state index is 0.000238. The first-order valence-corrected chi connectivity index (χ1v) is 32.3. The van der Waals surface area contributed by atoms with Crippen LogP contribution in [-0.2, 0) is 52.0 Å². The largest absolute Gasteiger partial charge is 0.454 e. The minimum Gasteiger partial charge on any atom is -0.454 e. The Hall–Kier alpha value is -8.59. The van der Waals surface area contributed by atoms with E-state index in [1.165, 1.54) is 55.7 Å². The van der Waals surface area contributed by atoms with E-state index >= 15 is 0 Å². The summed E-state index contributed by atoms with van der Waals surface area (Å²) in [6.45, 7) is 10.3. The van der Waals surface area contributed by atoms with Crippen LogP contribution in [-0.4, -0.2) is 155 Å². The second-order valence-corrected chi connectivity index (χ2v) is 27.0. The molecule has 25 heteroatoms. The number of amides is 4. The molecule has 0 aromatic heterocycles. The lowest BCUT2D eigenvalue weighted by Gasteiger charge is -2.31. The van der Waals surface area contributed by atoms with Crippen molar-refractivity contribution in [2.24, 2.45) is 11.8 Å². The number of nitrogens with zero attached hydrogens (tertiary/aromatic N) is 4. The highest BCUT2D eigenvalue weighted by Gasteiger charge is 2.42. The van der Waals surface area contributed by atoms with Gasteiger partial charge in [-0.1, -0.05) is 113 Å². The van der Waals surface area contributed by atoms with Crippen LogP contribution in [0.2, 0.25) is 0 Å². The Labute approximate surface area is 523 Å². The van der Waals surface area contributed by atoms with E-state index in [4.69, 9.17) is 28.4 Å². The van der Waals surface area contributed by atoms with E-state index in [9.17, 15) is 51.0 Å². The fourth-order valence-corrected chi connectivity index (χ4v) is 13.8. The highest BCUT2D eigenvalue weighted by molar-refractivity contribution is 7.89. The Morgan fingerprint density at radius 3 is 1.36 bits per heavy atom. The summed E-state index contributed by atoms with van der Waals surface area (Å²) < 4.78 is 89.9. The zero-order valence-corrected chi connectivity index (χ0v) is 52.3. The quantitative estimate of drug-likeness (QED) is 0.0426. The number of ether oxygens (including phenoxy) is 6. The lowest BCUT2D eigenvalue weighted by molar-refractivity contribution is -0.130. The molecule has 23 nitrogen and oxygen atoms in total. The van der Waals surface area contributed by atoms with Crippen LogP contribution in [0.4, 0.5) is 21.0 Å². The zero-order valence-electron chi connectivity index (χ0n) is 50.7. The average molecular weight is 1280 g/mol. The van der Waals surface area contributed by atoms with Crippen LogP contribution in [0.5, 0.6) is 23.0 Å². The molecule has 2 saturated heterocycles. The molecule has 4 aliphatic rings. The fraction of sp³-hybridized carbons (Fsp3) is 0.369. The number of cyclic esters (lactones) is 2. The van der Waals surface area contributed by atoms with Gasteiger partial charge in [-0.15, -0.1) is 0 Å². The number of Topliss-reactive ketones (excluding diaryl/α,β-unsaturated/α-hetero) is 1. The summed E-state index contributed by atoms with van der Waals surface area (Å²) in [5.74, 6) is 0.00635. The summed E-state index contributed by atoms with van der Waals surface area (Å²) in [7, 11) is -8.16. The van der Waals surface area contributed by atoms with Crippen LogP contribution in [0.25, 0.3) is 0 Å². The Morgan fingerprint density at radius 2 is 0.944 bits per heavy atom. The number of fused-ring (bicyclic) bond motifs is 2. The van der Waals surface area contributed by atoms with E-state index < -0.39 is 80.5 Å². The third kappa shape index (κ3) is 16.2. The summed E-state index contributed by atoms with van der Waals surface area (Å²) in [6, 6.07) is 39.1. The molecule has 0 saturated carbocycles. The van der Waals surface area contributed by atoms with Crippen LogP contribution in [0.1, 0.15) is 61.7 Å². The van der Waals surface area contributed by atoms with Gasteiger partial charge in [0, 0.05) is 55.2 Å². The van der Waals surface area contributed by atoms with Crippen LogP contribution < -0.4 is 39.4 Å². The lowest BCUT2D eigenvalue weighted by Crippen LogP contribution is -2.53. The molecular weight excluding hydrogens is 1200 g/mol. The van der Waals surface area contributed by atoms with Gasteiger partial charge in [0.1, 0.15) is 0 Å². The number of benzene rings is 6. The van der Waals surface area contributed by atoms with Gasteiger partial charge in [-0.3, -0.25) is 24.2 Å². The van der Waals surface area contributed by atoms with Crippen molar-refractivity contribution in [1.82, 2.24) is 19.2 Å². The number of nitrogens with one attached hydrogen (secondary N) is 2. The first-order valence-electron chi connectivity index (χ1n) is 29.4. The average Bonchev–Trinajstić information content (AvgIpc) is 1.58. The predicted molar refractivity (Wildman–Crippen MR) is 331 cm³/mol. The van der Waals surface area contributed by atoms with Gasteiger partial charge >= 0.3 is 12.2 Å². The first-order chi connectivity index (χ1) is 42.9. The maximum atomic E-state index is 13.8. The molecular formula is C65H74N6O17S2. The molecule has 6 atom stereocenters. The molecule has 4 N–H and O–H groups in total. The fourth-order valence-electron chi connectivity index (χ4n) is 10.6. The number of hydrogen-bond acceptors (Lipinski definition) is 17. The van der Waals surface area contributed by atoms with Crippen molar-refractivity contribution < 1.29 is 79.4 Å². The van der Waals surface area contributed by atoms with E-state index in [1.54, 1.807) is 36.4 Å². The number of hydrogen-bond donors (Lipinski definition) is 4. The van der Waals surface area contributed by atoms with E-state index in [-0.39, 0.29) is 93.1 Å². The smallest absolute Gasteiger partial charge is 0.415 e. The van der Waals surface area contributed by atoms with Gasteiger partial charge in [-0.2, -0.15) is 8.61 Å². The number of carbonyl (C=O) groups is 5. The summed E-state index contributed by atoms with van der Waals surface area (Å²) >= 11 is 0. The Bertz CT molecular complexity index is 3780. The number of anilines is 2. The lowest BCUT2D eigenvalue weighted by atomic mass is 10.0. The molecule has 4 amide bonds. The van der Waals surface area contributed by atoms with Crippen LogP contribution in [0, 0.1) is 18.8 Å². The Kier molecular flexibility index (Phi) is 21.2. The van der Waals surface area contributed by atoms with E-state index in [0.717, 1.165) is 16.7 Å². The molecule has 6 aromatic rings. The second-order valence-electron chi connectivity index (χ2n) is 23.1. The van der Waals surface area contributed by atoms with Crippen molar-refractivity contribution in [1.29, 1.82) is 0 Å². The van der Waals surface area contributed by atoms with E-state index in [1.807, 2.05) is 113 Å². The summed E-state index contributed by atoms with van der Waals surface area (Å²) in [5, 5.41) is 28.8. The third-order valence-corrected chi connectivity index (χ3v) is 18.8. The number of rotatable bonds is 25. The van der Waals surface area contributed by atoms with Gasteiger partial charge in [-0.05, 0) is 104 Å². The summed E-state index contributed by atoms with van der Waals surface area (Å²) in [4.78, 5) is 66.9. The van der Waals surface area contributed by atoms with Gasteiger partial charge in [-0.25, -0.2) is 26.4 Å². The minimum atomic E-state index is -4.09. The maximum Gasteiger partial charge on any atom is 0.415 e. The van der Waals surface area contributed by atoms with Crippen LogP contribution >= 0.6 is 0 Å². The summed E-state index contributed by atoms with van der Waals surface area (Å²) in [5.41, 5.74) is 4.01. The monoisotopic (exact) mass is 1270 g/mol. The normalized spacial score (nSPS) is 17.4. The predicted octanol–water partition coefficient (Wildman–Crippen LogP) is 6.86. The molecule has 0 unspecified atom stereocenters. The Morgan fingerprint density at radius 1 is 0.533 bits per heavy atom. The molecule has 10 rings (SSSR count). The molecule has 90 heavy (non-hydrogen) atoms. The molecule has 4 heterocycles. The van der Waals surface area contributed by atoms with E-state index in [2.05, 4.69) is 10.6 Å². The second kappa shape index (κ2) is 28.9. The van der Waals surface area contributed by atoms with Gasteiger partial charge in [0.15, 0.2) is 41.0 Å². The third-order valence-electron chi connectivity index (χ3n) is 15.1. The highest BCUT2D eigenvalue weighted by Crippen LogP contribution is 2.37. The molecule has 2 fully saturated rings. The van der Waals surface area contributed by atoms with Crippen molar-refractivity contribution in [3.05, 3.63) is 168 Å². The number of aryl methyl sites for hydroxylation is 1. The SMILES string of the molecule is CC(=O)c1cccc(N2C[C@@H](C(=O)N[C@@H](Cc3ccccc3)[C@H](O)CN(CC(C)C)S(=O)(=O)c3ccc4c(c3)OCO4)OC2=O)c1.Cc1cccc(N2C[C@@H](C(=O)N[C@@H](Cc3ccccc3)[C@H](O)CN(CC(C)C)S(=O)(=O)c3ccc4c(c3)OCO4)OC2=O)c1. The molecule has 0 spiro atoms. The Balaban J connectivity index is 0.000000214. The van der Waals surface area contributed by atoms with Crippen LogP contribution in [0.3, 0.4) is 0 Å². The number of sulfonamides is 2. The molecule has 0 radical (unpaired) electrons. The number of ketones is 1. The van der Waals surface area contributed by atoms with E-state index in [0.29, 0.717) is 39.9 Å². The highest BCUT2D eigenvalue weighted by atomic mass is 32.2. The van der Waals surface area contributed by atoms with Gasteiger partial charge in [0.05, 0.1) is 47.2 Å². The van der Waals surface area contributed by atoms with Crippen LogP contribution in [0.15, 0.2) is 155 Å². The van der Waals surface area contributed by atoms with Gasteiger partial charge < -0.3 is 49.3 Å². The number of carbonyl (C=O) groups excluding carboxylic acids is 5. The van der Waals surface area contributed by atoms with Gasteiger partial charge in [0.2, 0.25) is 33.6 Å². The molecule has 478 valence electrons. The van der Waals surface area contributed by atoms with Crippen molar-refractivity contribution in [2.75, 3.05) is 62.7 Å². The van der Waals surface area contributed by atoms with Crippen molar-refractivity contribution in [3.8, 4) is 23.0 Å². The molecule has 0 bridgehead atoms. The van der Waals surface area contributed by atoms with Crippen molar-refractivity contribution >= 4 is 61.2 Å². The van der Waals surface area contributed by atoms with Crippen molar-refractivity contribution in [3.63, 3.8) is 0 Å². The molecule has 0 aliphatic carbocycles. The first kappa shape index (κ1) is 65.8. The topological polar surface area (TPSA) is 286 Å². The standard InChI is InChI=1S/C33H37N3O9S.C32H37N3O8S/c1-21(2)17-35(46(41,42)26-12-13-29-30(16-26)44-20-43-29)18-28(38)27(14-23-8-5-4-6-9-23)34-32(39)31-19-36(33(40)45-31)25-11-7-10-24(15-25)22(3)37;1-21(2)17-34(44(39,40)25-12-13-28-29(16-25)42-20-41-28)18-27(36)26(15-23-9-5-4-6-10-23)33-31(37)30-19-35(32(38)43-30)24-11-7-8-22(3)14-24/h4-13,15-16,21,27-28,31,38H,14,17-20H2,1-3H3,(H,34,39);4-14,16,21,26-27,30,36H,15,17-20H2,1-3H3,(H,33,37)/t27-,28+,31-;26-,27+,30-/m00/s1. The van der Waals surface area contributed by atoms with Crippen molar-refractivity contribution in [2.45, 2.75) is 101 Å². The zero-order chi connectivity index (χ0) is 64.4. The number of aliphatic hydroxyl groups is 2.